The number of hydrogen-bond donors (Lipinski definition) is 3. The number of H-pyrrole nitrogens is 1. The summed E-state index contributed by atoms with van der Waals surface area (Å²) in [6, 6.07) is 13.3. The first-order chi connectivity index (χ1) is 13.8. The van der Waals surface area contributed by atoms with Crippen LogP contribution in [0.1, 0.15) is 46.9 Å². The number of carbonyl (C=O) groups is 1. The van der Waals surface area contributed by atoms with Crippen LogP contribution in [-0.4, -0.2) is 25.1 Å². The van der Waals surface area contributed by atoms with E-state index in [-0.39, 0.29) is 11.7 Å². The molecule has 0 saturated heterocycles. The van der Waals surface area contributed by atoms with E-state index in [0.717, 1.165) is 34.0 Å². The van der Waals surface area contributed by atoms with Crippen LogP contribution in [0.5, 0.6) is 0 Å². The SMILES string of the molecule is CCCCS(=O)(=O)Nc1ccc2[nH]c(C(=O)NCc3cccc(C)c3)c(C)c2c1. The first-order valence-corrected chi connectivity index (χ1v) is 11.4. The van der Waals surface area contributed by atoms with Gasteiger partial charge in [-0.15, -0.1) is 0 Å². The van der Waals surface area contributed by atoms with Gasteiger partial charge in [0.05, 0.1) is 5.75 Å². The lowest BCUT2D eigenvalue weighted by atomic mass is 10.1. The van der Waals surface area contributed by atoms with E-state index in [1.165, 1.54) is 0 Å². The molecule has 1 heterocycles. The standard InChI is InChI=1S/C22H27N3O3S/c1-4-5-11-29(27,28)25-18-9-10-20-19(13-18)16(3)21(24-20)22(26)23-14-17-8-6-7-15(2)12-17/h6-10,12-13,24-25H,4-5,11,14H2,1-3H3,(H,23,26). The topological polar surface area (TPSA) is 91.1 Å². The van der Waals surface area contributed by atoms with Crippen molar-refractivity contribution < 1.29 is 13.2 Å². The first kappa shape index (κ1) is 20.9. The van der Waals surface area contributed by atoms with Crippen LogP contribution in [0.4, 0.5) is 5.69 Å². The fourth-order valence-corrected chi connectivity index (χ4v) is 4.53. The molecule has 2 aromatic carbocycles. The Labute approximate surface area is 171 Å². The van der Waals surface area contributed by atoms with Crippen LogP contribution in [0.15, 0.2) is 42.5 Å². The summed E-state index contributed by atoms with van der Waals surface area (Å²) in [5.41, 5.74) is 4.75. The number of fused-ring (bicyclic) bond motifs is 1. The number of rotatable bonds is 8. The van der Waals surface area contributed by atoms with Gasteiger partial charge in [-0.3, -0.25) is 9.52 Å². The van der Waals surface area contributed by atoms with E-state index < -0.39 is 10.0 Å². The molecule has 0 atom stereocenters. The monoisotopic (exact) mass is 413 g/mol. The maximum atomic E-state index is 12.7. The minimum Gasteiger partial charge on any atom is -0.350 e. The lowest BCUT2D eigenvalue weighted by molar-refractivity contribution is 0.0946. The molecule has 29 heavy (non-hydrogen) atoms. The molecule has 0 radical (unpaired) electrons. The summed E-state index contributed by atoms with van der Waals surface area (Å²) in [4.78, 5) is 15.8. The molecule has 3 aromatic rings. The van der Waals surface area contributed by atoms with Gasteiger partial charge in [-0.25, -0.2) is 8.42 Å². The molecule has 3 rings (SSSR count). The summed E-state index contributed by atoms with van der Waals surface area (Å²) in [5, 5.41) is 3.76. The van der Waals surface area contributed by atoms with Gasteiger partial charge in [-0.2, -0.15) is 0 Å². The fraction of sp³-hybridized carbons (Fsp3) is 0.318. The molecule has 0 aliphatic rings. The minimum absolute atomic E-state index is 0.0975. The largest absolute Gasteiger partial charge is 0.350 e. The highest BCUT2D eigenvalue weighted by atomic mass is 32.2. The maximum Gasteiger partial charge on any atom is 0.268 e. The Hall–Kier alpha value is -2.80. The molecule has 0 aliphatic heterocycles. The normalized spacial score (nSPS) is 11.6. The number of aromatic nitrogens is 1. The fourth-order valence-electron chi connectivity index (χ4n) is 3.27. The van der Waals surface area contributed by atoms with Gasteiger partial charge in [0.1, 0.15) is 5.69 Å². The van der Waals surface area contributed by atoms with E-state index in [1.807, 2.05) is 45.0 Å². The van der Waals surface area contributed by atoms with Crippen LogP contribution < -0.4 is 10.0 Å². The van der Waals surface area contributed by atoms with Gasteiger partial charge < -0.3 is 10.3 Å². The second-order valence-corrected chi connectivity index (χ2v) is 9.17. The molecule has 0 bridgehead atoms. The molecule has 0 spiro atoms. The molecule has 1 aromatic heterocycles. The third-order valence-electron chi connectivity index (χ3n) is 4.86. The highest BCUT2D eigenvalue weighted by Gasteiger charge is 2.16. The van der Waals surface area contributed by atoms with Crippen LogP contribution in [0.3, 0.4) is 0 Å². The maximum absolute atomic E-state index is 12.7. The Bertz CT molecular complexity index is 1130. The van der Waals surface area contributed by atoms with E-state index in [1.54, 1.807) is 18.2 Å². The zero-order valence-electron chi connectivity index (χ0n) is 17.0. The van der Waals surface area contributed by atoms with E-state index >= 15 is 0 Å². The van der Waals surface area contributed by atoms with Crippen molar-refractivity contribution in [1.82, 2.24) is 10.3 Å². The molecule has 0 unspecified atom stereocenters. The molecular weight excluding hydrogens is 386 g/mol. The van der Waals surface area contributed by atoms with Crippen molar-refractivity contribution in [2.75, 3.05) is 10.5 Å². The van der Waals surface area contributed by atoms with E-state index in [9.17, 15) is 13.2 Å². The summed E-state index contributed by atoms with van der Waals surface area (Å²) in [7, 11) is -3.37. The number of aryl methyl sites for hydroxylation is 2. The molecule has 0 aliphatic carbocycles. The number of sulfonamides is 1. The van der Waals surface area contributed by atoms with Crippen LogP contribution in [0.25, 0.3) is 10.9 Å². The number of aromatic amines is 1. The van der Waals surface area contributed by atoms with Crippen molar-refractivity contribution in [2.24, 2.45) is 0 Å². The van der Waals surface area contributed by atoms with Crippen molar-refractivity contribution >= 4 is 32.5 Å². The quantitative estimate of drug-likeness (QED) is 0.515. The smallest absolute Gasteiger partial charge is 0.268 e. The second kappa shape index (κ2) is 8.69. The second-order valence-electron chi connectivity index (χ2n) is 7.33. The molecule has 0 fully saturated rings. The number of hydrogen-bond acceptors (Lipinski definition) is 3. The number of benzene rings is 2. The van der Waals surface area contributed by atoms with Gasteiger partial charge in [0.2, 0.25) is 10.0 Å². The lowest BCUT2D eigenvalue weighted by Crippen LogP contribution is -2.23. The van der Waals surface area contributed by atoms with Gasteiger partial charge in [-0.05, 0) is 49.6 Å². The molecular formula is C22H27N3O3S. The van der Waals surface area contributed by atoms with Gasteiger partial charge >= 0.3 is 0 Å². The number of amides is 1. The van der Waals surface area contributed by atoms with E-state index in [2.05, 4.69) is 15.0 Å². The highest BCUT2D eigenvalue weighted by Crippen LogP contribution is 2.25. The van der Waals surface area contributed by atoms with E-state index in [4.69, 9.17) is 0 Å². The predicted octanol–water partition coefficient (Wildman–Crippen LogP) is 4.26. The van der Waals surface area contributed by atoms with Gasteiger partial charge in [0.15, 0.2) is 0 Å². The van der Waals surface area contributed by atoms with Crippen LogP contribution in [-0.2, 0) is 16.6 Å². The number of anilines is 1. The molecule has 3 N–H and O–H groups in total. The van der Waals surface area contributed by atoms with Crippen LogP contribution in [0.2, 0.25) is 0 Å². The Morgan fingerprint density at radius 1 is 1.10 bits per heavy atom. The Morgan fingerprint density at radius 3 is 2.62 bits per heavy atom. The summed E-state index contributed by atoms with van der Waals surface area (Å²) >= 11 is 0. The van der Waals surface area contributed by atoms with Crippen molar-refractivity contribution in [2.45, 2.75) is 40.2 Å². The number of nitrogens with one attached hydrogen (secondary N) is 3. The minimum atomic E-state index is -3.37. The summed E-state index contributed by atoms with van der Waals surface area (Å²) in [6.07, 6.45) is 1.43. The van der Waals surface area contributed by atoms with Gasteiger partial charge in [0.25, 0.3) is 5.91 Å². The van der Waals surface area contributed by atoms with Crippen LogP contribution in [0, 0.1) is 13.8 Å². The van der Waals surface area contributed by atoms with E-state index in [0.29, 0.717) is 24.3 Å². The van der Waals surface area contributed by atoms with Crippen molar-refractivity contribution in [3.8, 4) is 0 Å². The first-order valence-electron chi connectivity index (χ1n) is 9.75. The molecule has 154 valence electrons. The highest BCUT2D eigenvalue weighted by molar-refractivity contribution is 7.92. The zero-order valence-corrected chi connectivity index (χ0v) is 17.8. The predicted molar refractivity (Wildman–Crippen MR) is 118 cm³/mol. The zero-order chi connectivity index (χ0) is 21.0. The number of carbonyl (C=O) groups excluding carboxylic acids is 1. The van der Waals surface area contributed by atoms with Gasteiger partial charge in [-0.1, -0.05) is 43.2 Å². The summed E-state index contributed by atoms with van der Waals surface area (Å²) in [5.74, 6) is -0.0921. The molecule has 0 saturated carbocycles. The lowest BCUT2D eigenvalue weighted by Gasteiger charge is -2.07. The number of unbranched alkanes of at least 4 members (excludes halogenated alkanes) is 1. The van der Waals surface area contributed by atoms with Crippen molar-refractivity contribution in [3.63, 3.8) is 0 Å². The molecule has 7 heteroatoms. The van der Waals surface area contributed by atoms with Crippen molar-refractivity contribution in [1.29, 1.82) is 0 Å². The third-order valence-corrected chi connectivity index (χ3v) is 6.23. The Balaban J connectivity index is 1.77. The van der Waals surface area contributed by atoms with Gasteiger partial charge in [0, 0.05) is 23.1 Å². The molecule has 1 amide bonds. The van der Waals surface area contributed by atoms with Crippen LogP contribution >= 0.6 is 0 Å². The summed E-state index contributed by atoms with van der Waals surface area (Å²) in [6.45, 7) is 6.27. The van der Waals surface area contributed by atoms with Crippen molar-refractivity contribution in [3.05, 3.63) is 64.8 Å². The third kappa shape index (κ3) is 5.17. The average molecular weight is 414 g/mol. The average Bonchev–Trinajstić information content (AvgIpc) is 3.01. The Kier molecular flexibility index (Phi) is 6.27. The molecule has 6 nitrogen and oxygen atoms in total. The Morgan fingerprint density at radius 2 is 1.90 bits per heavy atom. The summed E-state index contributed by atoms with van der Waals surface area (Å²) < 4.78 is 26.9.